The maximum atomic E-state index is 12.4. The van der Waals surface area contributed by atoms with Gasteiger partial charge in [-0.25, -0.2) is 0 Å². The summed E-state index contributed by atoms with van der Waals surface area (Å²) in [5.74, 6) is 1.46. The highest BCUT2D eigenvalue weighted by atomic mass is 16.2. The first-order valence-electron chi connectivity index (χ1n) is 7.75. The number of hydrogen-bond acceptors (Lipinski definition) is 2. The van der Waals surface area contributed by atoms with E-state index in [0.717, 1.165) is 38.3 Å². The lowest BCUT2D eigenvalue weighted by molar-refractivity contribution is -0.135. The maximum absolute atomic E-state index is 12.4. The number of hydrogen-bond donors (Lipinski definition) is 1. The Bertz CT molecular complexity index is 280. The first kappa shape index (κ1) is 13.9. The van der Waals surface area contributed by atoms with E-state index in [-0.39, 0.29) is 12.0 Å². The highest BCUT2D eigenvalue weighted by Crippen LogP contribution is 2.28. The van der Waals surface area contributed by atoms with Crippen molar-refractivity contribution < 1.29 is 4.79 Å². The summed E-state index contributed by atoms with van der Waals surface area (Å²) in [7, 11) is 0. The molecule has 18 heavy (non-hydrogen) atoms. The summed E-state index contributed by atoms with van der Waals surface area (Å²) in [5, 5.41) is 0. The highest BCUT2D eigenvalue weighted by Gasteiger charge is 2.31. The van der Waals surface area contributed by atoms with Crippen LogP contribution < -0.4 is 5.73 Å². The second kappa shape index (κ2) is 6.55. The monoisotopic (exact) mass is 252 g/mol. The summed E-state index contributed by atoms with van der Waals surface area (Å²) in [4.78, 5) is 14.6. The molecule has 1 amide bonds. The SMILES string of the molecule is CCCC1CCCN(C(=O)C2CCC(N)C2)CC1. The van der Waals surface area contributed by atoms with Gasteiger partial charge in [-0.05, 0) is 44.4 Å². The Balaban J connectivity index is 1.83. The number of rotatable bonds is 3. The molecule has 1 heterocycles. The second-order valence-corrected chi connectivity index (χ2v) is 6.18. The van der Waals surface area contributed by atoms with Crippen LogP contribution in [0.4, 0.5) is 0 Å². The van der Waals surface area contributed by atoms with E-state index >= 15 is 0 Å². The van der Waals surface area contributed by atoms with Crippen molar-refractivity contribution in [1.29, 1.82) is 0 Å². The Morgan fingerprint density at radius 3 is 2.72 bits per heavy atom. The van der Waals surface area contributed by atoms with E-state index in [9.17, 15) is 4.79 Å². The standard InChI is InChI=1S/C15H28N2O/c1-2-4-12-5-3-9-17(10-8-12)15(18)13-6-7-14(16)11-13/h12-14H,2-11,16H2,1H3. The fraction of sp³-hybridized carbons (Fsp3) is 0.933. The van der Waals surface area contributed by atoms with Crippen molar-refractivity contribution in [2.75, 3.05) is 13.1 Å². The minimum Gasteiger partial charge on any atom is -0.342 e. The van der Waals surface area contributed by atoms with Gasteiger partial charge in [0.2, 0.25) is 5.91 Å². The third-order valence-corrected chi connectivity index (χ3v) is 4.68. The molecule has 0 aromatic rings. The molecule has 0 radical (unpaired) electrons. The van der Waals surface area contributed by atoms with Crippen molar-refractivity contribution in [1.82, 2.24) is 4.90 Å². The lowest BCUT2D eigenvalue weighted by atomic mass is 9.96. The van der Waals surface area contributed by atoms with Crippen molar-refractivity contribution in [2.45, 2.75) is 64.3 Å². The third kappa shape index (κ3) is 3.47. The molecule has 0 bridgehead atoms. The van der Waals surface area contributed by atoms with Crippen LogP contribution >= 0.6 is 0 Å². The number of nitrogens with two attached hydrogens (primary N) is 1. The highest BCUT2D eigenvalue weighted by molar-refractivity contribution is 5.79. The zero-order chi connectivity index (χ0) is 13.0. The van der Waals surface area contributed by atoms with Gasteiger partial charge in [0.1, 0.15) is 0 Å². The second-order valence-electron chi connectivity index (χ2n) is 6.18. The minimum absolute atomic E-state index is 0.225. The van der Waals surface area contributed by atoms with Gasteiger partial charge in [0.15, 0.2) is 0 Å². The quantitative estimate of drug-likeness (QED) is 0.839. The lowest BCUT2D eigenvalue weighted by Crippen LogP contribution is -2.36. The Hall–Kier alpha value is -0.570. The third-order valence-electron chi connectivity index (χ3n) is 4.68. The molecule has 2 aliphatic rings. The maximum Gasteiger partial charge on any atom is 0.225 e. The van der Waals surface area contributed by atoms with Crippen molar-refractivity contribution in [3.05, 3.63) is 0 Å². The van der Waals surface area contributed by atoms with Gasteiger partial charge in [-0.15, -0.1) is 0 Å². The average Bonchev–Trinajstić information content (AvgIpc) is 2.65. The van der Waals surface area contributed by atoms with Crippen LogP contribution in [0.25, 0.3) is 0 Å². The van der Waals surface area contributed by atoms with Gasteiger partial charge in [0.25, 0.3) is 0 Å². The number of carbonyl (C=O) groups is 1. The molecular weight excluding hydrogens is 224 g/mol. The van der Waals surface area contributed by atoms with E-state index in [1.54, 1.807) is 0 Å². The molecule has 104 valence electrons. The Morgan fingerprint density at radius 2 is 2.06 bits per heavy atom. The average molecular weight is 252 g/mol. The fourth-order valence-electron chi connectivity index (χ4n) is 3.58. The van der Waals surface area contributed by atoms with Crippen LogP contribution in [0.5, 0.6) is 0 Å². The van der Waals surface area contributed by atoms with Crippen LogP contribution in [0.15, 0.2) is 0 Å². The molecular formula is C15H28N2O. The van der Waals surface area contributed by atoms with Gasteiger partial charge in [-0.1, -0.05) is 19.8 Å². The Labute approximate surface area is 111 Å². The molecule has 2 fully saturated rings. The number of amides is 1. The first-order valence-corrected chi connectivity index (χ1v) is 7.75. The normalized spacial score (nSPS) is 33.4. The molecule has 3 atom stereocenters. The predicted octanol–water partition coefficient (Wildman–Crippen LogP) is 2.54. The molecule has 1 saturated heterocycles. The lowest BCUT2D eigenvalue weighted by Gasteiger charge is -2.24. The van der Waals surface area contributed by atoms with E-state index in [1.165, 1.54) is 32.1 Å². The van der Waals surface area contributed by atoms with E-state index in [0.29, 0.717) is 5.91 Å². The molecule has 0 aromatic carbocycles. The molecule has 0 spiro atoms. The van der Waals surface area contributed by atoms with E-state index in [2.05, 4.69) is 11.8 Å². The zero-order valence-corrected chi connectivity index (χ0v) is 11.7. The van der Waals surface area contributed by atoms with Crippen molar-refractivity contribution in [3.8, 4) is 0 Å². The molecule has 0 aromatic heterocycles. The predicted molar refractivity (Wildman–Crippen MR) is 74.1 cm³/mol. The van der Waals surface area contributed by atoms with E-state index in [4.69, 9.17) is 5.73 Å². The fourth-order valence-corrected chi connectivity index (χ4v) is 3.58. The zero-order valence-electron chi connectivity index (χ0n) is 11.7. The smallest absolute Gasteiger partial charge is 0.225 e. The van der Waals surface area contributed by atoms with Crippen LogP contribution in [0.1, 0.15) is 58.3 Å². The van der Waals surface area contributed by atoms with Gasteiger partial charge < -0.3 is 10.6 Å². The van der Waals surface area contributed by atoms with E-state index < -0.39 is 0 Å². The number of carbonyl (C=O) groups excluding carboxylic acids is 1. The molecule has 1 aliphatic carbocycles. The minimum atomic E-state index is 0.225. The van der Waals surface area contributed by atoms with Crippen LogP contribution in [-0.4, -0.2) is 29.9 Å². The van der Waals surface area contributed by atoms with Gasteiger partial charge in [0.05, 0.1) is 0 Å². The number of likely N-dealkylation sites (tertiary alicyclic amines) is 1. The van der Waals surface area contributed by atoms with Crippen LogP contribution in [0, 0.1) is 11.8 Å². The summed E-state index contributed by atoms with van der Waals surface area (Å²) in [5.41, 5.74) is 5.91. The Morgan fingerprint density at radius 1 is 1.22 bits per heavy atom. The largest absolute Gasteiger partial charge is 0.342 e. The topological polar surface area (TPSA) is 46.3 Å². The summed E-state index contributed by atoms with van der Waals surface area (Å²) in [6, 6.07) is 0.263. The number of nitrogens with zero attached hydrogens (tertiary/aromatic N) is 1. The van der Waals surface area contributed by atoms with Gasteiger partial charge in [-0.3, -0.25) is 4.79 Å². The molecule has 2 rings (SSSR count). The van der Waals surface area contributed by atoms with Crippen LogP contribution in [0.3, 0.4) is 0 Å². The van der Waals surface area contributed by atoms with E-state index in [1.807, 2.05) is 0 Å². The Kier molecular flexibility index (Phi) is 5.04. The molecule has 3 unspecified atom stereocenters. The summed E-state index contributed by atoms with van der Waals surface area (Å²) in [6.45, 7) is 4.22. The van der Waals surface area contributed by atoms with Gasteiger partial charge in [-0.2, -0.15) is 0 Å². The first-order chi connectivity index (χ1) is 8.70. The van der Waals surface area contributed by atoms with Crippen molar-refractivity contribution >= 4 is 5.91 Å². The van der Waals surface area contributed by atoms with Crippen molar-refractivity contribution in [2.24, 2.45) is 17.6 Å². The molecule has 1 saturated carbocycles. The van der Waals surface area contributed by atoms with Crippen LogP contribution in [-0.2, 0) is 4.79 Å². The molecule has 3 heteroatoms. The summed E-state index contributed by atoms with van der Waals surface area (Å²) in [6.07, 6.45) is 9.26. The molecule has 3 nitrogen and oxygen atoms in total. The van der Waals surface area contributed by atoms with Crippen molar-refractivity contribution in [3.63, 3.8) is 0 Å². The van der Waals surface area contributed by atoms with Crippen LogP contribution in [0.2, 0.25) is 0 Å². The van der Waals surface area contributed by atoms with Gasteiger partial charge >= 0.3 is 0 Å². The molecule has 1 aliphatic heterocycles. The summed E-state index contributed by atoms with van der Waals surface area (Å²) < 4.78 is 0. The molecule has 2 N–H and O–H groups in total. The van der Waals surface area contributed by atoms with Gasteiger partial charge in [0, 0.05) is 25.0 Å². The summed E-state index contributed by atoms with van der Waals surface area (Å²) >= 11 is 0.